The zero-order chi connectivity index (χ0) is 17.4. The highest BCUT2D eigenvalue weighted by atomic mass is 16.8. The molecule has 0 amide bonds. The van der Waals surface area contributed by atoms with Crippen LogP contribution < -0.4 is 5.32 Å². The Hall–Kier alpha value is -0.940. The van der Waals surface area contributed by atoms with Crippen molar-refractivity contribution in [3.05, 3.63) is 35.4 Å². The zero-order valence-corrected chi connectivity index (χ0v) is 15.7. The standard InChI is InChI=1S/C20H29NO3/c1-7-18(8-2)19(15-11-9-14(3)10-12-15)17(6,23-19)20(24-18)21-16(4,5)13-22-20/h9-12,21H,7-8,13H2,1-6H3/t17-,19+,20-/m0/s1. The molecular weight excluding hydrogens is 302 g/mol. The molecule has 1 aromatic rings. The first kappa shape index (κ1) is 16.5. The first-order valence-electron chi connectivity index (χ1n) is 9.11. The molecular formula is C20H29NO3. The third-order valence-corrected chi connectivity index (χ3v) is 6.34. The highest BCUT2D eigenvalue weighted by molar-refractivity contribution is 5.45. The number of hydrogen-bond donors (Lipinski definition) is 1. The van der Waals surface area contributed by atoms with Gasteiger partial charge in [0.15, 0.2) is 11.2 Å². The van der Waals surface area contributed by atoms with E-state index in [1.54, 1.807) is 0 Å². The van der Waals surface area contributed by atoms with Crippen LogP contribution in [-0.2, 0) is 19.8 Å². The monoisotopic (exact) mass is 331 g/mol. The Labute approximate surface area is 144 Å². The summed E-state index contributed by atoms with van der Waals surface area (Å²) in [4.78, 5) is 0. The van der Waals surface area contributed by atoms with Crippen LogP contribution in [0.4, 0.5) is 0 Å². The first-order valence-corrected chi connectivity index (χ1v) is 9.11. The van der Waals surface area contributed by atoms with E-state index >= 15 is 0 Å². The van der Waals surface area contributed by atoms with E-state index in [2.05, 4.69) is 71.1 Å². The fourth-order valence-electron chi connectivity index (χ4n) is 4.94. The Kier molecular flexibility index (Phi) is 3.18. The Bertz CT molecular complexity index is 666. The van der Waals surface area contributed by atoms with Crippen LogP contribution in [0.1, 0.15) is 58.6 Å². The predicted molar refractivity (Wildman–Crippen MR) is 92.6 cm³/mol. The van der Waals surface area contributed by atoms with Gasteiger partial charge in [0.05, 0.1) is 6.61 Å². The fraction of sp³-hybridized carbons (Fsp3) is 0.700. The Morgan fingerprint density at radius 3 is 2.12 bits per heavy atom. The van der Waals surface area contributed by atoms with E-state index in [4.69, 9.17) is 14.2 Å². The van der Waals surface area contributed by atoms with Gasteiger partial charge in [-0.1, -0.05) is 43.7 Å². The quantitative estimate of drug-likeness (QED) is 0.859. The van der Waals surface area contributed by atoms with Crippen molar-refractivity contribution in [1.82, 2.24) is 5.32 Å². The van der Waals surface area contributed by atoms with Crippen molar-refractivity contribution >= 4 is 0 Å². The molecule has 4 rings (SSSR count). The van der Waals surface area contributed by atoms with Gasteiger partial charge < -0.3 is 14.2 Å². The molecule has 0 radical (unpaired) electrons. The van der Waals surface area contributed by atoms with Crippen LogP contribution in [0, 0.1) is 6.92 Å². The summed E-state index contributed by atoms with van der Waals surface area (Å²) >= 11 is 0. The Morgan fingerprint density at radius 2 is 1.62 bits per heavy atom. The molecule has 132 valence electrons. The summed E-state index contributed by atoms with van der Waals surface area (Å²) in [7, 11) is 0. The van der Waals surface area contributed by atoms with Gasteiger partial charge in [-0.05, 0) is 46.1 Å². The molecule has 24 heavy (non-hydrogen) atoms. The number of ether oxygens (including phenoxy) is 3. The zero-order valence-electron chi connectivity index (χ0n) is 15.7. The molecule has 4 heteroatoms. The number of hydrogen-bond acceptors (Lipinski definition) is 4. The highest BCUT2D eigenvalue weighted by Gasteiger charge is 2.92. The van der Waals surface area contributed by atoms with Crippen LogP contribution in [0.25, 0.3) is 0 Å². The van der Waals surface area contributed by atoms with Crippen LogP contribution in [-0.4, -0.2) is 29.3 Å². The van der Waals surface area contributed by atoms with Gasteiger partial charge in [0.25, 0.3) is 5.91 Å². The maximum atomic E-state index is 6.73. The highest BCUT2D eigenvalue weighted by Crippen LogP contribution is 2.75. The number of aryl methyl sites for hydroxylation is 1. The minimum absolute atomic E-state index is 0.133. The molecule has 0 aliphatic carbocycles. The smallest absolute Gasteiger partial charge is 0.262 e. The number of epoxide rings is 1. The normalized spacial score (nSPS) is 41.6. The van der Waals surface area contributed by atoms with Crippen molar-refractivity contribution < 1.29 is 14.2 Å². The molecule has 4 nitrogen and oxygen atoms in total. The minimum Gasteiger partial charge on any atom is -0.347 e. The molecule has 1 aromatic carbocycles. The molecule has 1 N–H and O–H groups in total. The van der Waals surface area contributed by atoms with Gasteiger partial charge in [0, 0.05) is 5.54 Å². The summed E-state index contributed by atoms with van der Waals surface area (Å²) in [5, 5.41) is 3.60. The molecule has 3 fully saturated rings. The average Bonchev–Trinajstić information content (AvgIpc) is 3.02. The van der Waals surface area contributed by atoms with Gasteiger partial charge >= 0.3 is 0 Å². The van der Waals surface area contributed by atoms with Gasteiger partial charge in [-0.2, -0.15) is 0 Å². The van der Waals surface area contributed by atoms with E-state index < -0.39 is 22.7 Å². The van der Waals surface area contributed by atoms with Crippen molar-refractivity contribution in [2.24, 2.45) is 0 Å². The van der Waals surface area contributed by atoms with E-state index in [1.807, 2.05) is 0 Å². The van der Waals surface area contributed by atoms with Crippen LogP contribution in [0.5, 0.6) is 0 Å². The Morgan fingerprint density at radius 1 is 1.00 bits per heavy atom. The van der Waals surface area contributed by atoms with Crippen LogP contribution in [0.2, 0.25) is 0 Å². The van der Waals surface area contributed by atoms with Crippen molar-refractivity contribution in [3.8, 4) is 0 Å². The summed E-state index contributed by atoms with van der Waals surface area (Å²) in [6.07, 6.45) is 1.75. The van der Waals surface area contributed by atoms with Crippen LogP contribution in [0.3, 0.4) is 0 Å². The second kappa shape index (κ2) is 4.61. The summed E-state index contributed by atoms with van der Waals surface area (Å²) in [6, 6.07) is 8.67. The molecule has 1 spiro atoms. The third-order valence-electron chi connectivity index (χ3n) is 6.34. The van der Waals surface area contributed by atoms with E-state index in [0.717, 1.165) is 12.8 Å². The molecule has 0 aromatic heterocycles. The fourth-order valence-corrected chi connectivity index (χ4v) is 4.94. The maximum Gasteiger partial charge on any atom is 0.262 e. The number of benzene rings is 1. The lowest BCUT2D eigenvalue weighted by molar-refractivity contribution is -0.301. The summed E-state index contributed by atoms with van der Waals surface area (Å²) in [5.41, 5.74) is 0.905. The molecule has 3 saturated heterocycles. The second-order valence-corrected chi connectivity index (χ2v) is 8.40. The summed E-state index contributed by atoms with van der Waals surface area (Å²) < 4.78 is 19.5. The van der Waals surface area contributed by atoms with Gasteiger partial charge in [0.2, 0.25) is 0 Å². The lowest BCUT2D eigenvalue weighted by Gasteiger charge is -2.38. The summed E-state index contributed by atoms with van der Waals surface area (Å²) in [6.45, 7) is 13.5. The first-order chi connectivity index (χ1) is 11.2. The molecule has 0 unspecified atom stereocenters. The van der Waals surface area contributed by atoms with Crippen LogP contribution >= 0.6 is 0 Å². The van der Waals surface area contributed by atoms with E-state index in [1.165, 1.54) is 11.1 Å². The Balaban J connectivity index is 1.86. The largest absolute Gasteiger partial charge is 0.347 e. The third kappa shape index (κ3) is 1.68. The SMILES string of the molecule is CCC1(CC)O[C@]2(NC(C)(C)CO2)[C@@]2(C)O[C@@]12c1ccc(C)cc1. The minimum atomic E-state index is -0.882. The van der Waals surface area contributed by atoms with Gasteiger partial charge in [-0.3, -0.25) is 5.32 Å². The lowest BCUT2D eigenvalue weighted by Crippen LogP contribution is -2.57. The predicted octanol–water partition coefficient (Wildman–Crippen LogP) is 3.62. The van der Waals surface area contributed by atoms with E-state index in [0.29, 0.717) is 6.61 Å². The number of rotatable bonds is 3. The summed E-state index contributed by atoms with van der Waals surface area (Å²) in [5.74, 6) is -0.882. The van der Waals surface area contributed by atoms with Gasteiger partial charge in [-0.15, -0.1) is 0 Å². The van der Waals surface area contributed by atoms with Crippen molar-refractivity contribution in [2.75, 3.05) is 6.61 Å². The van der Waals surface area contributed by atoms with E-state index in [9.17, 15) is 0 Å². The van der Waals surface area contributed by atoms with Gasteiger partial charge in [0.1, 0.15) is 5.60 Å². The van der Waals surface area contributed by atoms with Crippen molar-refractivity contribution in [1.29, 1.82) is 0 Å². The lowest BCUT2D eigenvalue weighted by atomic mass is 9.73. The number of fused-ring (bicyclic) bond motifs is 2. The molecule has 3 atom stereocenters. The van der Waals surface area contributed by atoms with E-state index in [-0.39, 0.29) is 5.54 Å². The van der Waals surface area contributed by atoms with Crippen molar-refractivity contribution in [3.63, 3.8) is 0 Å². The van der Waals surface area contributed by atoms with Crippen LogP contribution in [0.15, 0.2) is 24.3 Å². The molecule has 3 aliphatic heterocycles. The maximum absolute atomic E-state index is 6.73. The second-order valence-electron chi connectivity index (χ2n) is 8.40. The molecule has 0 saturated carbocycles. The topological polar surface area (TPSA) is 43.0 Å². The molecule has 3 aliphatic rings. The van der Waals surface area contributed by atoms with Gasteiger partial charge in [-0.25, -0.2) is 0 Å². The number of nitrogens with one attached hydrogen (secondary N) is 1. The molecule has 0 bridgehead atoms. The average molecular weight is 331 g/mol. The van der Waals surface area contributed by atoms with Crippen molar-refractivity contribution in [2.45, 2.75) is 82.6 Å². The molecule has 3 heterocycles.